The highest BCUT2D eigenvalue weighted by Gasteiger charge is 2.60. The van der Waals surface area contributed by atoms with E-state index in [-0.39, 0.29) is 6.29 Å². The molecule has 0 amide bonds. The summed E-state index contributed by atoms with van der Waals surface area (Å²) in [6, 6.07) is 1.24. The summed E-state index contributed by atoms with van der Waals surface area (Å²) in [5.74, 6) is 5.54. The molecule has 0 heterocycles. The SMILES string of the molecule is CCCCCCCCOC(CCCCCCC)O[Si](C)(C)CCCCCCN(CCCCO)CCC[C@@H](C)C1CCC2C3CCC4C[C@H](OC)CC[C@]4(C)C3CC[C@@]21C. The van der Waals surface area contributed by atoms with Crippen molar-refractivity contribution in [2.45, 2.75) is 252 Å². The van der Waals surface area contributed by atoms with Gasteiger partial charge in [0.05, 0.1) is 6.10 Å². The van der Waals surface area contributed by atoms with E-state index in [0.717, 1.165) is 67.9 Å². The van der Waals surface area contributed by atoms with E-state index in [2.05, 4.69) is 52.6 Å². The monoisotopic (exact) mass is 846 g/mol. The molecule has 1 N–H and O–H groups in total. The van der Waals surface area contributed by atoms with Crippen molar-refractivity contribution in [2.24, 2.45) is 46.3 Å². The Hall–Kier alpha value is 0.0169. The first-order valence-electron chi connectivity index (χ1n) is 26.7. The topological polar surface area (TPSA) is 51.2 Å². The molecule has 0 aromatic heterocycles. The lowest BCUT2D eigenvalue weighted by Crippen LogP contribution is -2.54. The molecule has 4 aliphatic rings. The highest BCUT2D eigenvalue weighted by atomic mass is 28.4. The molecule has 4 saturated carbocycles. The number of nitrogens with zero attached hydrogens (tertiary/aromatic N) is 1. The first kappa shape index (κ1) is 51.6. The molecule has 0 bridgehead atoms. The van der Waals surface area contributed by atoms with E-state index in [1.54, 1.807) is 0 Å². The molecule has 59 heavy (non-hydrogen) atoms. The molecule has 0 aromatic carbocycles. The van der Waals surface area contributed by atoms with Crippen LogP contribution in [0, 0.1) is 46.3 Å². The fourth-order valence-electron chi connectivity index (χ4n) is 13.9. The van der Waals surface area contributed by atoms with Crippen molar-refractivity contribution in [3.8, 4) is 0 Å². The zero-order chi connectivity index (χ0) is 42.6. The van der Waals surface area contributed by atoms with Crippen LogP contribution in [-0.2, 0) is 13.9 Å². The molecule has 4 rings (SSSR count). The summed E-state index contributed by atoms with van der Waals surface area (Å²) in [4.78, 5) is 2.76. The third kappa shape index (κ3) is 16.2. The van der Waals surface area contributed by atoms with Crippen LogP contribution in [0.15, 0.2) is 0 Å². The maximum absolute atomic E-state index is 9.55. The van der Waals surface area contributed by atoms with Gasteiger partial charge < -0.3 is 23.9 Å². The smallest absolute Gasteiger partial charge is 0.190 e. The van der Waals surface area contributed by atoms with Crippen LogP contribution in [0.1, 0.15) is 221 Å². The molecular weight excluding hydrogens is 743 g/mol. The van der Waals surface area contributed by atoms with E-state index < -0.39 is 8.32 Å². The molecule has 6 heteroatoms. The quantitative estimate of drug-likeness (QED) is 0.0405. The number of hydrogen-bond donors (Lipinski definition) is 1. The molecule has 4 fully saturated rings. The van der Waals surface area contributed by atoms with Gasteiger partial charge in [0.1, 0.15) is 6.29 Å². The Morgan fingerprint density at radius 2 is 1.29 bits per heavy atom. The van der Waals surface area contributed by atoms with Crippen molar-refractivity contribution in [3.05, 3.63) is 0 Å². The van der Waals surface area contributed by atoms with Crippen LogP contribution in [0.25, 0.3) is 0 Å². The summed E-state index contributed by atoms with van der Waals surface area (Å²) in [5, 5.41) is 9.55. The van der Waals surface area contributed by atoms with Gasteiger partial charge >= 0.3 is 0 Å². The number of methoxy groups -OCH3 is 1. The molecule has 5 nitrogen and oxygen atoms in total. The number of aliphatic hydroxyl groups is 1. The Balaban J connectivity index is 1.16. The Labute approximate surface area is 369 Å². The van der Waals surface area contributed by atoms with Gasteiger partial charge in [0, 0.05) is 20.3 Å². The predicted octanol–water partition coefficient (Wildman–Crippen LogP) is 15.0. The number of unbranched alkanes of at least 4 members (excludes halogenated alkanes) is 13. The van der Waals surface area contributed by atoms with Crippen LogP contribution < -0.4 is 0 Å². The van der Waals surface area contributed by atoms with Crippen molar-refractivity contribution in [2.75, 3.05) is 40.0 Å². The van der Waals surface area contributed by atoms with Crippen LogP contribution in [0.5, 0.6) is 0 Å². The van der Waals surface area contributed by atoms with Gasteiger partial charge in [0.2, 0.25) is 0 Å². The van der Waals surface area contributed by atoms with Gasteiger partial charge in [-0.25, -0.2) is 0 Å². The lowest BCUT2D eigenvalue weighted by molar-refractivity contribution is -0.133. The normalized spacial score (nSPS) is 30.6. The van der Waals surface area contributed by atoms with Gasteiger partial charge in [-0.1, -0.05) is 112 Å². The summed E-state index contributed by atoms with van der Waals surface area (Å²) in [6.07, 6.45) is 38.9. The lowest BCUT2D eigenvalue weighted by Gasteiger charge is -2.61. The van der Waals surface area contributed by atoms with E-state index in [1.807, 2.05) is 7.11 Å². The first-order chi connectivity index (χ1) is 28.5. The van der Waals surface area contributed by atoms with E-state index in [1.165, 1.54) is 186 Å². The molecule has 348 valence electrons. The van der Waals surface area contributed by atoms with Crippen LogP contribution in [0.2, 0.25) is 19.1 Å². The Morgan fingerprint density at radius 1 is 0.661 bits per heavy atom. The third-order valence-electron chi connectivity index (χ3n) is 17.5. The molecule has 0 aliphatic heterocycles. The summed E-state index contributed by atoms with van der Waals surface area (Å²) in [6.45, 7) is 22.4. The average Bonchev–Trinajstić information content (AvgIpc) is 3.58. The van der Waals surface area contributed by atoms with Gasteiger partial charge in [0.15, 0.2) is 8.32 Å². The van der Waals surface area contributed by atoms with Crippen molar-refractivity contribution in [1.82, 2.24) is 4.90 Å². The zero-order valence-electron chi connectivity index (χ0n) is 41.0. The van der Waals surface area contributed by atoms with Crippen LogP contribution in [0.3, 0.4) is 0 Å². The van der Waals surface area contributed by atoms with Gasteiger partial charge in [-0.05, 0) is 194 Å². The lowest BCUT2D eigenvalue weighted by atomic mass is 9.44. The fraction of sp³-hybridized carbons (Fsp3) is 1.00. The van der Waals surface area contributed by atoms with Gasteiger partial charge in [-0.2, -0.15) is 0 Å². The molecule has 6 unspecified atom stereocenters. The Bertz CT molecular complexity index is 1090. The maximum atomic E-state index is 9.55. The van der Waals surface area contributed by atoms with E-state index in [9.17, 15) is 5.11 Å². The second-order valence-corrected chi connectivity index (χ2v) is 26.5. The minimum atomic E-state index is -1.77. The number of aliphatic hydroxyl groups excluding tert-OH is 1. The average molecular weight is 846 g/mol. The summed E-state index contributed by atoms with van der Waals surface area (Å²) >= 11 is 0. The maximum Gasteiger partial charge on any atom is 0.190 e. The molecule has 0 saturated heterocycles. The highest BCUT2D eigenvalue weighted by Crippen LogP contribution is 2.68. The van der Waals surface area contributed by atoms with E-state index >= 15 is 0 Å². The first-order valence-corrected chi connectivity index (χ1v) is 29.8. The number of hydrogen-bond acceptors (Lipinski definition) is 5. The second kappa shape index (κ2) is 27.4. The molecule has 0 spiro atoms. The van der Waals surface area contributed by atoms with E-state index in [4.69, 9.17) is 13.9 Å². The molecular formula is C53H103NO4Si. The second-order valence-electron chi connectivity index (χ2n) is 22.2. The Kier molecular flexibility index (Phi) is 24.0. The number of rotatable bonds is 33. The number of ether oxygens (including phenoxy) is 2. The van der Waals surface area contributed by atoms with Crippen LogP contribution >= 0.6 is 0 Å². The largest absolute Gasteiger partial charge is 0.396 e. The van der Waals surface area contributed by atoms with Crippen LogP contribution in [0.4, 0.5) is 0 Å². The van der Waals surface area contributed by atoms with Crippen molar-refractivity contribution >= 4 is 8.32 Å². The minimum absolute atomic E-state index is 0.00656. The minimum Gasteiger partial charge on any atom is -0.396 e. The highest BCUT2D eigenvalue weighted by molar-refractivity contribution is 6.71. The summed E-state index contributed by atoms with van der Waals surface area (Å²) < 4.78 is 19.2. The van der Waals surface area contributed by atoms with Crippen molar-refractivity contribution in [3.63, 3.8) is 0 Å². The molecule has 0 radical (unpaired) electrons. The number of fused-ring (bicyclic) bond motifs is 5. The summed E-state index contributed by atoms with van der Waals surface area (Å²) in [7, 11) is 0.171. The molecule has 10 atom stereocenters. The summed E-state index contributed by atoms with van der Waals surface area (Å²) in [5.41, 5.74) is 1.13. The zero-order valence-corrected chi connectivity index (χ0v) is 42.0. The predicted molar refractivity (Wildman–Crippen MR) is 256 cm³/mol. The standard InChI is InChI=1S/C53H103NO4Si/c1-9-11-13-15-18-24-41-57-51(28-20-16-14-12-10-2)58-59(7,8)42-25-19-17-21-37-54(38-22-23-40-55)39-26-27-44(3)48-31-32-49-47-30-29-45-43-46(56-6)33-35-52(45,4)50(47)34-36-53(48,49)5/h44-51,55H,9-43H2,1-8H3/t44-,45?,46-,47?,48?,49?,50?,51?,52+,53-/m1/s1. The third-order valence-corrected chi connectivity index (χ3v) is 20.0. The fourth-order valence-corrected chi connectivity index (χ4v) is 16.0. The van der Waals surface area contributed by atoms with Crippen LogP contribution in [-0.4, -0.2) is 70.7 Å². The van der Waals surface area contributed by atoms with Gasteiger partial charge in [-0.15, -0.1) is 0 Å². The van der Waals surface area contributed by atoms with E-state index in [0.29, 0.717) is 23.5 Å². The molecule has 4 aliphatic carbocycles. The van der Waals surface area contributed by atoms with Crippen molar-refractivity contribution in [1.29, 1.82) is 0 Å². The Morgan fingerprint density at radius 3 is 2.02 bits per heavy atom. The van der Waals surface area contributed by atoms with Gasteiger partial charge in [0.25, 0.3) is 0 Å². The molecule has 0 aromatic rings. The van der Waals surface area contributed by atoms with Crippen molar-refractivity contribution < 1.29 is 19.0 Å². The van der Waals surface area contributed by atoms with Gasteiger partial charge in [-0.3, -0.25) is 0 Å².